The van der Waals surface area contributed by atoms with Gasteiger partial charge in [0.05, 0.1) is 6.10 Å². The second-order valence-electron chi connectivity index (χ2n) is 9.09. The van der Waals surface area contributed by atoms with Gasteiger partial charge < -0.3 is 9.84 Å². The highest BCUT2D eigenvalue weighted by Gasteiger charge is 2.18. The van der Waals surface area contributed by atoms with Crippen LogP contribution in [0.2, 0.25) is 0 Å². The van der Waals surface area contributed by atoms with E-state index >= 15 is 0 Å². The molecule has 172 valence electrons. The molecule has 0 bridgehead atoms. The maximum atomic E-state index is 10.7. The van der Waals surface area contributed by atoms with Gasteiger partial charge in [0.15, 0.2) is 0 Å². The van der Waals surface area contributed by atoms with Crippen LogP contribution < -0.4 is 4.74 Å². The van der Waals surface area contributed by atoms with Crippen LogP contribution in [0.15, 0.2) is 103 Å². The first-order valence-electron chi connectivity index (χ1n) is 12.1. The maximum Gasteiger partial charge on any atom is 0.128 e. The smallest absolute Gasteiger partial charge is 0.128 e. The van der Waals surface area contributed by atoms with E-state index in [1.807, 2.05) is 42.5 Å². The van der Waals surface area contributed by atoms with Gasteiger partial charge in [0.25, 0.3) is 0 Å². The van der Waals surface area contributed by atoms with Crippen molar-refractivity contribution in [1.82, 2.24) is 4.90 Å². The highest BCUT2D eigenvalue weighted by Crippen LogP contribution is 2.28. The highest BCUT2D eigenvalue weighted by atomic mass is 16.5. The fraction of sp³-hybridized carbons (Fsp3) is 0.226. The lowest BCUT2D eigenvalue weighted by molar-refractivity contribution is 0.0989. The summed E-state index contributed by atoms with van der Waals surface area (Å²) >= 11 is 0. The molecule has 5 rings (SSSR count). The summed E-state index contributed by atoms with van der Waals surface area (Å²) in [5.74, 6) is 1.66. The zero-order valence-electron chi connectivity index (χ0n) is 19.4. The Morgan fingerprint density at radius 3 is 2.29 bits per heavy atom. The number of aryl methyl sites for hydroxylation is 1. The van der Waals surface area contributed by atoms with Crippen molar-refractivity contribution >= 4 is 0 Å². The molecule has 3 nitrogen and oxygen atoms in total. The molecule has 0 aromatic heterocycles. The van der Waals surface area contributed by atoms with E-state index in [4.69, 9.17) is 4.74 Å². The lowest BCUT2D eigenvalue weighted by Gasteiger charge is -2.30. The van der Waals surface area contributed by atoms with Crippen LogP contribution in [-0.2, 0) is 19.4 Å². The molecular formula is C31H31NO2. The summed E-state index contributed by atoms with van der Waals surface area (Å²) in [5.41, 5.74) is 6.38. The van der Waals surface area contributed by atoms with Crippen molar-refractivity contribution in [2.24, 2.45) is 0 Å². The van der Waals surface area contributed by atoms with E-state index in [-0.39, 0.29) is 6.10 Å². The standard InChI is InChI=1S/C31H31NO2/c33-29(23-32-19-18-25-9-4-5-10-28(25)22-32)17-16-24-8-6-11-26(20-24)27-12-7-15-31(21-27)34-30-13-2-1-3-14-30/h1-15,20-21,29,33H,16-19,22-23H2. The number of hydrogen-bond donors (Lipinski definition) is 1. The van der Waals surface area contributed by atoms with E-state index in [1.54, 1.807) is 0 Å². The summed E-state index contributed by atoms with van der Waals surface area (Å²) in [6, 6.07) is 35.3. The number of β-amino-alcohol motifs (C(OH)–C–C–N with tert-alkyl or cyclic N) is 1. The largest absolute Gasteiger partial charge is 0.457 e. The van der Waals surface area contributed by atoms with Crippen molar-refractivity contribution in [2.75, 3.05) is 13.1 Å². The van der Waals surface area contributed by atoms with Gasteiger partial charge in [-0.25, -0.2) is 0 Å². The normalized spacial score (nSPS) is 14.4. The van der Waals surface area contributed by atoms with E-state index < -0.39 is 0 Å². The number of hydrogen-bond acceptors (Lipinski definition) is 3. The molecule has 1 aliphatic heterocycles. The van der Waals surface area contributed by atoms with Gasteiger partial charge in [0.1, 0.15) is 11.5 Å². The van der Waals surface area contributed by atoms with Gasteiger partial charge in [-0.2, -0.15) is 0 Å². The van der Waals surface area contributed by atoms with Crippen LogP contribution in [0.1, 0.15) is 23.1 Å². The third-order valence-corrected chi connectivity index (χ3v) is 6.52. The van der Waals surface area contributed by atoms with Crippen LogP contribution in [0.4, 0.5) is 0 Å². The van der Waals surface area contributed by atoms with Gasteiger partial charge in [-0.15, -0.1) is 0 Å². The number of para-hydroxylation sites is 1. The minimum atomic E-state index is -0.323. The van der Waals surface area contributed by atoms with Crippen molar-refractivity contribution < 1.29 is 9.84 Å². The average Bonchev–Trinajstić information content (AvgIpc) is 2.88. The Morgan fingerprint density at radius 1 is 0.735 bits per heavy atom. The summed E-state index contributed by atoms with van der Waals surface area (Å²) in [6.45, 7) is 2.68. The molecule has 0 saturated heterocycles. The third kappa shape index (κ3) is 5.74. The Labute approximate surface area is 202 Å². The molecule has 1 heterocycles. The first-order chi connectivity index (χ1) is 16.7. The Kier molecular flexibility index (Phi) is 7.04. The number of benzene rings is 4. The Morgan fingerprint density at radius 2 is 1.44 bits per heavy atom. The minimum Gasteiger partial charge on any atom is -0.457 e. The SMILES string of the molecule is OC(CCc1cccc(-c2cccc(Oc3ccccc3)c2)c1)CN1CCc2ccccc2C1. The molecule has 4 aromatic rings. The molecule has 1 aliphatic rings. The van der Waals surface area contributed by atoms with Crippen molar-refractivity contribution in [2.45, 2.75) is 31.9 Å². The van der Waals surface area contributed by atoms with Gasteiger partial charge in [-0.1, -0.05) is 78.9 Å². The number of nitrogens with zero attached hydrogens (tertiary/aromatic N) is 1. The Bertz CT molecular complexity index is 1220. The van der Waals surface area contributed by atoms with Gasteiger partial charge in [-0.3, -0.25) is 4.90 Å². The van der Waals surface area contributed by atoms with E-state index in [1.165, 1.54) is 16.7 Å². The molecule has 3 heteroatoms. The third-order valence-electron chi connectivity index (χ3n) is 6.52. The first kappa shape index (κ1) is 22.4. The predicted octanol–water partition coefficient (Wildman–Crippen LogP) is 6.50. The quantitative estimate of drug-likeness (QED) is 0.333. The van der Waals surface area contributed by atoms with Crippen molar-refractivity contribution in [3.63, 3.8) is 0 Å². The van der Waals surface area contributed by atoms with Crippen LogP contribution in [0, 0.1) is 0 Å². The lowest BCUT2D eigenvalue weighted by atomic mass is 9.98. The minimum absolute atomic E-state index is 0.323. The number of rotatable bonds is 8. The molecule has 0 aliphatic carbocycles. The van der Waals surface area contributed by atoms with Gasteiger partial charge >= 0.3 is 0 Å². The molecule has 4 aromatic carbocycles. The summed E-state index contributed by atoms with van der Waals surface area (Å²) in [5, 5.41) is 10.7. The lowest BCUT2D eigenvalue weighted by Crippen LogP contribution is -2.36. The number of ether oxygens (including phenoxy) is 1. The zero-order valence-corrected chi connectivity index (χ0v) is 19.4. The van der Waals surface area contributed by atoms with E-state index in [0.29, 0.717) is 0 Å². The van der Waals surface area contributed by atoms with Gasteiger partial charge in [0.2, 0.25) is 0 Å². The molecule has 0 spiro atoms. The van der Waals surface area contributed by atoms with Crippen LogP contribution in [0.3, 0.4) is 0 Å². The van der Waals surface area contributed by atoms with Crippen molar-refractivity contribution in [3.05, 3.63) is 120 Å². The molecule has 1 N–H and O–H groups in total. The molecule has 0 amide bonds. The first-order valence-corrected chi connectivity index (χ1v) is 12.1. The van der Waals surface area contributed by atoms with Crippen LogP contribution >= 0.6 is 0 Å². The summed E-state index contributed by atoms with van der Waals surface area (Å²) in [7, 11) is 0. The molecule has 0 saturated carbocycles. The molecule has 34 heavy (non-hydrogen) atoms. The predicted molar refractivity (Wildman–Crippen MR) is 138 cm³/mol. The average molecular weight is 450 g/mol. The van der Waals surface area contributed by atoms with Gasteiger partial charge in [0, 0.05) is 19.6 Å². The maximum absolute atomic E-state index is 10.7. The Hall–Kier alpha value is -3.40. The zero-order chi connectivity index (χ0) is 23.2. The molecule has 0 fully saturated rings. The number of aliphatic hydroxyl groups is 1. The number of aliphatic hydroxyl groups excluding tert-OH is 1. The topological polar surface area (TPSA) is 32.7 Å². The molecule has 0 radical (unpaired) electrons. The molecule has 1 unspecified atom stereocenters. The van der Waals surface area contributed by atoms with Crippen LogP contribution in [0.25, 0.3) is 11.1 Å². The van der Waals surface area contributed by atoms with E-state index in [9.17, 15) is 5.11 Å². The molecule has 1 atom stereocenters. The highest BCUT2D eigenvalue weighted by molar-refractivity contribution is 5.66. The Balaban J connectivity index is 1.18. The summed E-state index contributed by atoms with van der Waals surface area (Å²) in [6.07, 6.45) is 2.37. The molecular weight excluding hydrogens is 418 g/mol. The second kappa shape index (κ2) is 10.7. The summed E-state index contributed by atoms with van der Waals surface area (Å²) < 4.78 is 6.01. The fourth-order valence-corrected chi connectivity index (χ4v) is 4.70. The van der Waals surface area contributed by atoms with Crippen LogP contribution in [-0.4, -0.2) is 29.2 Å². The van der Waals surface area contributed by atoms with E-state index in [2.05, 4.69) is 65.6 Å². The second-order valence-corrected chi connectivity index (χ2v) is 9.09. The fourth-order valence-electron chi connectivity index (χ4n) is 4.70. The van der Waals surface area contributed by atoms with Crippen molar-refractivity contribution in [1.29, 1.82) is 0 Å². The van der Waals surface area contributed by atoms with Gasteiger partial charge in [-0.05, 0) is 71.3 Å². The van der Waals surface area contributed by atoms with Crippen molar-refractivity contribution in [3.8, 4) is 22.6 Å². The monoisotopic (exact) mass is 449 g/mol. The number of fused-ring (bicyclic) bond motifs is 1. The van der Waals surface area contributed by atoms with Crippen LogP contribution in [0.5, 0.6) is 11.5 Å². The summed E-state index contributed by atoms with van der Waals surface area (Å²) in [4.78, 5) is 2.38. The van der Waals surface area contributed by atoms with E-state index in [0.717, 1.165) is 61.5 Å².